The molecule has 130 valence electrons. The van der Waals surface area contributed by atoms with E-state index in [1.165, 1.54) is 25.5 Å². The van der Waals surface area contributed by atoms with E-state index in [4.69, 9.17) is 4.74 Å². The molecule has 24 heavy (non-hydrogen) atoms. The highest BCUT2D eigenvalue weighted by atomic mass is 16.5. The number of pyridine rings is 1. The van der Waals surface area contributed by atoms with E-state index in [-0.39, 0.29) is 28.1 Å². The summed E-state index contributed by atoms with van der Waals surface area (Å²) in [6.45, 7) is 6.99. The van der Waals surface area contributed by atoms with Crippen LogP contribution >= 0.6 is 0 Å². The van der Waals surface area contributed by atoms with Gasteiger partial charge in [0.25, 0.3) is 5.91 Å². The van der Waals surface area contributed by atoms with E-state index < -0.39 is 0 Å². The van der Waals surface area contributed by atoms with Crippen molar-refractivity contribution in [2.24, 2.45) is 11.8 Å². The second-order valence-electron chi connectivity index (χ2n) is 8.55. The molecule has 2 bridgehead atoms. The Bertz CT molecular complexity index is 738. The van der Waals surface area contributed by atoms with Gasteiger partial charge < -0.3 is 14.6 Å². The van der Waals surface area contributed by atoms with E-state index >= 15 is 0 Å². The molecule has 2 aliphatic carbocycles. The highest BCUT2D eigenvalue weighted by Gasteiger charge is 2.57. The summed E-state index contributed by atoms with van der Waals surface area (Å²) in [5.41, 5.74) is 0.0466. The van der Waals surface area contributed by atoms with Gasteiger partial charge in [0.15, 0.2) is 5.43 Å². The monoisotopic (exact) mass is 330 g/mol. The second kappa shape index (κ2) is 5.19. The van der Waals surface area contributed by atoms with Gasteiger partial charge in [-0.15, -0.1) is 0 Å². The van der Waals surface area contributed by atoms with Gasteiger partial charge in [0.05, 0.1) is 17.7 Å². The average molecular weight is 330 g/mol. The van der Waals surface area contributed by atoms with E-state index in [9.17, 15) is 9.59 Å². The fourth-order valence-corrected chi connectivity index (χ4v) is 5.23. The third-order valence-electron chi connectivity index (χ3n) is 6.08. The quantitative estimate of drug-likeness (QED) is 0.860. The summed E-state index contributed by atoms with van der Waals surface area (Å²) in [5.74, 6) is 1.12. The third kappa shape index (κ3) is 2.41. The van der Waals surface area contributed by atoms with Gasteiger partial charge in [-0.3, -0.25) is 9.59 Å². The lowest BCUT2D eigenvalue weighted by Gasteiger charge is -2.52. The minimum absolute atomic E-state index is 0.168. The SMILES string of the molecule is Cc1c[nH]cc(C(=O)N2CC(C)(C)O[C@@]3(C[C@@H]4CC[C@H]3C4)C2)c1=O. The van der Waals surface area contributed by atoms with Gasteiger partial charge in [-0.2, -0.15) is 0 Å². The Kier molecular flexibility index (Phi) is 3.43. The first kappa shape index (κ1) is 15.9. The minimum Gasteiger partial charge on any atom is -0.366 e. The van der Waals surface area contributed by atoms with Crippen molar-refractivity contribution in [1.29, 1.82) is 0 Å². The largest absolute Gasteiger partial charge is 0.366 e. The molecule has 5 nitrogen and oxygen atoms in total. The number of H-pyrrole nitrogens is 1. The molecule has 1 aromatic heterocycles. The topological polar surface area (TPSA) is 62.4 Å². The first-order valence-corrected chi connectivity index (χ1v) is 8.97. The zero-order valence-electron chi connectivity index (χ0n) is 14.7. The molecule has 1 saturated heterocycles. The van der Waals surface area contributed by atoms with Crippen molar-refractivity contribution >= 4 is 5.91 Å². The number of rotatable bonds is 1. The Balaban J connectivity index is 1.66. The normalized spacial score (nSPS) is 34.0. The highest BCUT2D eigenvalue weighted by molar-refractivity contribution is 5.94. The van der Waals surface area contributed by atoms with Crippen LogP contribution < -0.4 is 5.43 Å². The van der Waals surface area contributed by atoms with Crippen LogP contribution in [0.5, 0.6) is 0 Å². The molecule has 1 aliphatic heterocycles. The molecule has 1 amide bonds. The van der Waals surface area contributed by atoms with Gasteiger partial charge in [0, 0.05) is 24.5 Å². The Morgan fingerprint density at radius 3 is 2.75 bits per heavy atom. The Morgan fingerprint density at radius 2 is 2.08 bits per heavy atom. The molecule has 2 heterocycles. The molecule has 0 radical (unpaired) electrons. The van der Waals surface area contributed by atoms with Crippen molar-refractivity contribution in [3.05, 3.63) is 33.7 Å². The molecule has 0 unspecified atom stereocenters. The molecule has 1 N–H and O–H groups in total. The van der Waals surface area contributed by atoms with Gasteiger partial charge in [0.2, 0.25) is 0 Å². The van der Waals surface area contributed by atoms with Crippen molar-refractivity contribution in [3.63, 3.8) is 0 Å². The maximum Gasteiger partial charge on any atom is 0.259 e. The molecule has 0 aromatic carbocycles. The molecule has 3 aliphatic rings. The van der Waals surface area contributed by atoms with Crippen LogP contribution in [-0.2, 0) is 4.74 Å². The Labute approximate surface area is 142 Å². The van der Waals surface area contributed by atoms with Crippen molar-refractivity contribution in [3.8, 4) is 0 Å². The smallest absolute Gasteiger partial charge is 0.259 e. The molecule has 3 fully saturated rings. The minimum atomic E-state index is -0.380. The number of carbonyl (C=O) groups is 1. The first-order chi connectivity index (χ1) is 11.3. The van der Waals surface area contributed by atoms with Crippen molar-refractivity contribution in [1.82, 2.24) is 9.88 Å². The zero-order chi connectivity index (χ0) is 17.1. The number of fused-ring (bicyclic) bond motifs is 3. The number of morpholine rings is 1. The van der Waals surface area contributed by atoms with Crippen LogP contribution in [0.25, 0.3) is 0 Å². The number of ether oxygens (including phenoxy) is 1. The molecule has 1 spiro atoms. The summed E-state index contributed by atoms with van der Waals surface area (Å²) >= 11 is 0. The van der Waals surface area contributed by atoms with Gasteiger partial charge in [0.1, 0.15) is 5.56 Å². The molecule has 4 rings (SSSR count). The van der Waals surface area contributed by atoms with Crippen LogP contribution in [0, 0.1) is 18.8 Å². The van der Waals surface area contributed by atoms with Crippen LogP contribution in [-0.4, -0.2) is 40.1 Å². The van der Waals surface area contributed by atoms with E-state index in [1.54, 1.807) is 13.1 Å². The zero-order valence-corrected chi connectivity index (χ0v) is 14.7. The number of amides is 1. The molecular weight excluding hydrogens is 304 g/mol. The van der Waals surface area contributed by atoms with Crippen molar-refractivity contribution in [2.45, 2.75) is 57.7 Å². The van der Waals surface area contributed by atoms with E-state index in [0.29, 0.717) is 24.6 Å². The van der Waals surface area contributed by atoms with Gasteiger partial charge in [-0.25, -0.2) is 0 Å². The number of aromatic amines is 1. The summed E-state index contributed by atoms with van der Waals surface area (Å²) < 4.78 is 6.55. The fraction of sp³-hybridized carbons (Fsp3) is 0.684. The molecule has 1 aromatic rings. The summed E-state index contributed by atoms with van der Waals surface area (Å²) in [5, 5.41) is 0. The first-order valence-electron chi connectivity index (χ1n) is 8.97. The molecule has 2 saturated carbocycles. The predicted molar refractivity (Wildman–Crippen MR) is 91.0 cm³/mol. The van der Waals surface area contributed by atoms with E-state index in [1.807, 2.05) is 4.90 Å². The fourth-order valence-electron chi connectivity index (χ4n) is 5.23. The van der Waals surface area contributed by atoms with Crippen molar-refractivity contribution < 1.29 is 9.53 Å². The summed E-state index contributed by atoms with van der Waals surface area (Å²) in [7, 11) is 0. The Hall–Kier alpha value is -1.62. The predicted octanol–water partition coefficient (Wildman–Crippen LogP) is 2.49. The number of aromatic nitrogens is 1. The lowest BCUT2D eigenvalue weighted by Crippen LogP contribution is -2.63. The van der Waals surface area contributed by atoms with Crippen LogP contribution in [0.1, 0.15) is 55.5 Å². The maximum absolute atomic E-state index is 13.1. The van der Waals surface area contributed by atoms with E-state index in [2.05, 4.69) is 18.8 Å². The van der Waals surface area contributed by atoms with Gasteiger partial charge in [-0.05, 0) is 58.3 Å². The highest BCUT2D eigenvalue weighted by Crippen LogP contribution is 2.55. The molecule has 3 atom stereocenters. The van der Waals surface area contributed by atoms with Crippen molar-refractivity contribution in [2.75, 3.05) is 13.1 Å². The Morgan fingerprint density at radius 1 is 1.29 bits per heavy atom. The molecule has 5 heteroatoms. The maximum atomic E-state index is 13.1. The van der Waals surface area contributed by atoms with Crippen LogP contribution in [0.15, 0.2) is 17.2 Å². The second-order valence-corrected chi connectivity index (χ2v) is 8.55. The van der Waals surface area contributed by atoms with E-state index in [0.717, 1.165) is 12.3 Å². The van der Waals surface area contributed by atoms with Crippen LogP contribution in [0.4, 0.5) is 0 Å². The van der Waals surface area contributed by atoms with Gasteiger partial charge >= 0.3 is 0 Å². The van der Waals surface area contributed by atoms with Crippen LogP contribution in [0.2, 0.25) is 0 Å². The molecular formula is C19H26N2O3. The number of nitrogens with one attached hydrogen (secondary N) is 1. The third-order valence-corrected chi connectivity index (χ3v) is 6.08. The summed E-state index contributed by atoms with van der Waals surface area (Å²) in [4.78, 5) is 30.2. The summed E-state index contributed by atoms with van der Waals surface area (Å²) in [6, 6.07) is 0. The van der Waals surface area contributed by atoms with Gasteiger partial charge in [-0.1, -0.05) is 0 Å². The number of aryl methyl sites for hydroxylation is 1. The number of hydrogen-bond acceptors (Lipinski definition) is 3. The number of nitrogens with zero attached hydrogens (tertiary/aromatic N) is 1. The lowest BCUT2D eigenvalue weighted by atomic mass is 9.81. The average Bonchev–Trinajstić information content (AvgIpc) is 3.08. The van der Waals surface area contributed by atoms with Crippen LogP contribution in [0.3, 0.4) is 0 Å². The number of carbonyl (C=O) groups excluding carboxylic acids is 1. The number of hydrogen-bond donors (Lipinski definition) is 1. The standard InChI is InChI=1S/C19H26N2O3/c1-12-8-20-9-15(16(12)22)17(23)21-10-18(2,3)24-19(11-21)7-13-4-5-14(19)6-13/h8-9,13-14H,4-7,10-11H2,1-3H3,(H,20,22)/t13-,14+,19+/m1/s1. The lowest BCUT2D eigenvalue weighted by molar-refractivity contribution is -0.208. The summed E-state index contributed by atoms with van der Waals surface area (Å²) in [6.07, 6.45) is 7.95.